The minimum atomic E-state index is -0.112. The van der Waals surface area contributed by atoms with Crippen molar-refractivity contribution in [3.05, 3.63) is 11.9 Å². The minimum absolute atomic E-state index is 0. The largest absolute Gasteiger partial charge is 0.385 e. The number of halogens is 1. The number of nitrogens with one attached hydrogen (secondary N) is 2. The molecule has 7 nitrogen and oxygen atoms in total. The predicted molar refractivity (Wildman–Crippen MR) is 98.1 cm³/mol. The van der Waals surface area contributed by atoms with E-state index in [0.29, 0.717) is 18.3 Å². The Kier molecular flexibility index (Phi) is 7.65. The number of methoxy groups -OCH3 is 1. The molecule has 1 aromatic rings. The first-order valence-electron chi connectivity index (χ1n) is 9.12. The average molecular weight is 372 g/mol. The molecule has 2 fully saturated rings. The van der Waals surface area contributed by atoms with E-state index >= 15 is 0 Å². The lowest BCUT2D eigenvalue weighted by molar-refractivity contribution is 0.0898. The first-order valence-corrected chi connectivity index (χ1v) is 9.12. The van der Waals surface area contributed by atoms with Crippen molar-refractivity contribution in [1.29, 1.82) is 0 Å². The van der Waals surface area contributed by atoms with Crippen LogP contribution in [0.5, 0.6) is 0 Å². The van der Waals surface area contributed by atoms with Gasteiger partial charge in [0.2, 0.25) is 0 Å². The molecule has 8 heteroatoms. The zero-order valence-electron chi connectivity index (χ0n) is 15.0. The molecule has 0 radical (unpaired) electrons. The Balaban J connectivity index is 0.00000225. The SMILES string of the molecule is COCCC1(CNC(=O)c2cn(C3CCNCC3)nn2)CCCC1.Cl. The lowest BCUT2D eigenvalue weighted by atomic mass is 9.83. The maximum Gasteiger partial charge on any atom is 0.273 e. The fraction of sp³-hybridized carbons (Fsp3) is 0.824. The van der Waals surface area contributed by atoms with Gasteiger partial charge in [-0.1, -0.05) is 18.1 Å². The zero-order valence-corrected chi connectivity index (χ0v) is 15.8. The minimum Gasteiger partial charge on any atom is -0.385 e. The monoisotopic (exact) mass is 371 g/mol. The Morgan fingerprint density at radius 2 is 2.12 bits per heavy atom. The number of nitrogens with zero attached hydrogens (tertiary/aromatic N) is 3. The van der Waals surface area contributed by atoms with Crippen molar-refractivity contribution in [3.8, 4) is 0 Å². The number of carbonyl (C=O) groups is 1. The summed E-state index contributed by atoms with van der Waals surface area (Å²) in [5.74, 6) is -0.112. The molecule has 0 spiro atoms. The summed E-state index contributed by atoms with van der Waals surface area (Å²) in [6, 6.07) is 0.350. The summed E-state index contributed by atoms with van der Waals surface area (Å²) in [5, 5.41) is 14.7. The van der Waals surface area contributed by atoms with Gasteiger partial charge >= 0.3 is 0 Å². The van der Waals surface area contributed by atoms with Crippen LogP contribution in [-0.4, -0.2) is 54.3 Å². The van der Waals surface area contributed by atoms with Crippen molar-refractivity contribution in [2.75, 3.05) is 33.4 Å². The second-order valence-electron chi connectivity index (χ2n) is 7.20. The van der Waals surface area contributed by atoms with E-state index in [-0.39, 0.29) is 23.7 Å². The topological polar surface area (TPSA) is 81.1 Å². The lowest BCUT2D eigenvalue weighted by Gasteiger charge is -2.28. The first kappa shape index (κ1) is 20.1. The van der Waals surface area contributed by atoms with Gasteiger partial charge in [-0.2, -0.15) is 0 Å². The molecule has 1 saturated heterocycles. The van der Waals surface area contributed by atoms with E-state index in [9.17, 15) is 4.79 Å². The molecule has 2 heterocycles. The second-order valence-corrected chi connectivity index (χ2v) is 7.20. The number of carbonyl (C=O) groups excluding carboxylic acids is 1. The highest BCUT2D eigenvalue weighted by Crippen LogP contribution is 2.40. The number of aromatic nitrogens is 3. The van der Waals surface area contributed by atoms with Crippen LogP contribution in [0.1, 0.15) is 61.5 Å². The molecule has 2 N–H and O–H groups in total. The van der Waals surface area contributed by atoms with E-state index in [1.165, 1.54) is 25.7 Å². The maximum absolute atomic E-state index is 12.4. The van der Waals surface area contributed by atoms with Crippen LogP contribution in [0.3, 0.4) is 0 Å². The molecular formula is C17H30ClN5O2. The average Bonchev–Trinajstić information content (AvgIpc) is 3.29. The molecule has 0 bridgehead atoms. The molecule has 25 heavy (non-hydrogen) atoms. The Bertz CT molecular complexity index is 539. The van der Waals surface area contributed by atoms with Crippen LogP contribution in [0.25, 0.3) is 0 Å². The van der Waals surface area contributed by atoms with E-state index in [1.807, 2.05) is 4.68 Å². The third-order valence-electron chi connectivity index (χ3n) is 5.55. The molecule has 1 aliphatic heterocycles. The maximum atomic E-state index is 12.4. The fourth-order valence-electron chi connectivity index (χ4n) is 3.95. The normalized spacial score (nSPS) is 20.2. The fourth-order valence-corrected chi connectivity index (χ4v) is 3.95. The Morgan fingerprint density at radius 3 is 2.80 bits per heavy atom. The Labute approximate surface area is 155 Å². The predicted octanol–water partition coefficient (Wildman–Crippen LogP) is 1.95. The van der Waals surface area contributed by atoms with Crippen molar-refractivity contribution in [1.82, 2.24) is 25.6 Å². The summed E-state index contributed by atoms with van der Waals surface area (Å²) in [7, 11) is 1.74. The molecule has 142 valence electrons. The highest BCUT2D eigenvalue weighted by molar-refractivity contribution is 5.91. The van der Waals surface area contributed by atoms with Gasteiger partial charge in [0.15, 0.2) is 5.69 Å². The van der Waals surface area contributed by atoms with Gasteiger partial charge in [-0.15, -0.1) is 17.5 Å². The van der Waals surface area contributed by atoms with E-state index in [4.69, 9.17) is 4.74 Å². The number of hydrogen-bond acceptors (Lipinski definition) is 5. The highest BCUT2D eigenvalue weighted by atomic mass is 35.5. The number of piperidine rings is 1. The molecule has 0 atom stereocenters. The number of rotatable bonds is 7. The van der Waals surface area contributed by atoms with Crippen molar-refractivity contribution in [2.45, 2.75) is 51.0 Å². The third-order valence-corrected chi connectivity index (χ3v) is 5.55. The van der Waals surface area contributed by atoms with Gasteiger partial charge in [0.25, 0.3) is 5.91 Å². The van der Waals surface area contributed by atoms with Crippen molar-refractivity contribution < 1.29 is 9.53 Å². The molecule has 0 unspecified atom stereocenters. The van der Waals surface area contributed by atoms with Crippen LogP contribution < -0.4 is 10.6 Å². The molecule has 1 saturated carbocycles. The molecule has 1 amide bonds. The molecule has 0 aromatic carbocycles. The third kappa shape index (κ3) is 5.15. The van der Waals surface area contributed by atoms with Crippen LogP contribution in [-0.2, 0) is 4.74 Å². The summed E-state index contributed by atoms with van der Waals surface area (Å²) in [6.07, 6.45) is 9.68. The van der Waals surface area contributed by atoms with Gasteiger partial charge in [-0.05, 0) is 50.6 Å². The van der Waals surface area contributed by atoms with Crippen LogP contribution in [0.2, 0.25) is 0 Å². The standard InChI is InChI=1S/C17H29N5O2.ClH/c1-24-11-8-17(6-2-3-7-17)13-19-16(23)15-12-22(21-20-15)14-4-9-18-10-5-14;/h12,14,18H,2-11,13H2,1H3,(H,19,23);1H. The quantitative estimate of drug-likeness (QED) is 0.765. The summed E-state index contributed by atoms with van der Waals surface area (Å²) >= 11 is 0. The second kappa shape index (κ2) is 9.50. The number of amides is 1. The highest BCUT2D eigenvalue weighted by Gasteiger charge is 2.34. The Hall–Kier alpha value is -1.18. The number of ether oxygens (including phenoxy) is 1. The van der Waals surface area contributed by atoms with Crippen molar-refractivity contribution >= 4 is 18.3 Å². The first-order chi connectivity index (χ1) is 11.7. The van der Waals surface area contributed by atoms with Gasteiger partial charge < -0.3 is 15.4 Å². The smallest absolute Gasteiger partial charge is 0.273 e. The summed E-state index contributed by atoms with van der Waals surface area (Å²) in [4.78, 5) is 12.4. The van der Waals surface area contributed by atoms with Crippen LogP contribution in [0.4, 0.5) is 0 Å². The van der Waals surface area contributed by atoms with Crippen LogP contribution in [0.15, 0.2) is 6.20 Å². The summed E-state index contributed by atoms with van der Waals surface area (Å²) in [5.41, 5.74) is 0.616. The zero-order chi connectivity index (χ0) is 16.8. The van der Waals surface area contributed by atoms with Crippen molar-refractivity contribution in [2.24, 2.45) is 5.41 Å². The van der Waals surface area contributed by atoms with Gasteiger partial charge in [-0.3, -0.25) is 4.79 Å². The van der Waals surface area contributed by atoms with E-state index in [1.54, 1.807) is 13.3 Å². The van der Waals surface area contributed by atoms with E-state index in [0.717, 1.165) is 39.0 Å². The lowest BCUT2D eigenvalue weighted by Crippen LogP contribution is -2.37. The van der Waals surface area contributed by atoms with Gasteiger partial charge in [0.05, 0.1) is 12.2 Å². The van der Waals surface area contributed by atoms with Gasteiger partial charge in [0, 0.05) is 20.3 Å². The molecule has 1 aromatic heterocycles. The summed E-state index contributed by atoms with van der Waals surface area (Å²) in [6.45, 7) is 3.44. The summed E-state index contributed by atoms with van der Waals surface area (Å²) < 4.78 is 7.10. The van der Waals surface area contributed by atoms with Gasteiger partial charge in [0.1, 0.15) is 0 Å². The van der Waals surface area contributed by atoms with E-state index in [2.05, 4.69) is 20.9 Å². The van der Waals surface area contributed by atoms with E-state index < -0.39 is 0 Å². The number of hydrogen-bond donors (Lipinski definition) is 2. The molecule has 1 aliphatic carbocycles. The molecule has 2 aliphatic rings. The Morgan fingerprint density at radius 1 is 1.40 bits per heavy atom. The van der Waals surface area contributed by atoms with Crippen LogP contribution >= 0.6 is 12.4 Å². The van der Waals surface area contributed by atoms with Crippen molar-refractivity contribution in [3.63, 3.8) is 0 Å². The van der Waals surface area contributed by atoms with Gasteiger partial charge in [-0.25, -0.2) is 4.68 Å². The molecule has 3 rings (SSSR count). The van der Waals surface area contributed by atoms with Crippen LogP contribution in [0, 0.1) is 5.41 Å². The molecular weight excluding hydrogens is 342 g/mol.